The third-order valence-corrected chi connectivity index (χ3v) is 7.22. The van der Waals surface area contributed by atoms with Crippen LogP contribution in [-0.4, -0.2) is 16.5 Å². The Morgan fingerprint density at radius 2 is 1.53 bits per heavy atom. The van der Waals surface area contributed by atoms with Crippen molar-refractivity contribution in [2.75, 3.05) is 16.8 Å². The molecule has 3 aromatic carbocycles. The highest BCUT2D eigenvalue weighted by molar-refractivity contribution is 5.83. The fourth-order valence-corrected chi connectivity index (χ4v) is 5.17. The van der Waals surface area contributed by atoms with E-state index in [1.807, 2.05) is 0 Å². The van der Waals surface area contributed by atoms with E-state index in [1.54, 1.807) is 12.4 Å². The van der Waals surface area contributed by atoms with E-state index >= 15 is 0 Å². The van der Waals surface area contributed by atoms with E-state index in [4.69, 9.17) is 9.97 Å². The molecule has 36 heavy (non-hydrogen) atoms. The van der Waals surface area contributed by atoms with E-state index in [9.17, 15) is 0 Å². The molecule has 1 N–H and O–H groups in total. The van der Waals surface area contributed by atoms with E-state index in [0.717, 1.165) is 23.9 Å². The molecule has 1 aliphatic rings. The van der Waals surface area contributed by atoms with Crippen LogP contribution in [0.15, 0.2) is 79.1 Å². The van der Waals surface area contributed by atoms with Crippen LogP contribution in [0.5, 0.6) is 0 Å². The summed E-state index contributed by atoms with van der Waals surface area (Å²) in [5.74, 6) is 2.56. The molecule has 0 amide bonds. The summed E-state index contributed by atoms with van der Waals surface area (Å²) in [7, 11) is 0. The van der Waals surface area contributed by atoms with Crippen LogP contribution in [0.3, 0.4) is 0 Å². The Labute approximate surface area is 215 Å². The van der Waals surface area contributed by atoms with E-state index in [2.05, 4.69) is 118 Å². The van der Waals surface area contributed by atoms with Crippen LogP contribution in [0.4, 0.5) is 23.0 Å². The summed E-state index contributed by atoms with van der Waals surface area (Å²) in [4.78, 5) is 11.9. The number of anilines is 4. The Balaban J connectivity index is 1.59. The van der Waals surface area contributed by atoms with Gasteiger partial charge in [-0.2, -0.15) is 0 Å². The molecule has 0 radical (unpaired) electrons. The second-order valence-corrected chi connectivity index (χ2v) is 11.1. The predicted molar refractivity (Wildman–Crippen MR) is 152 cm³/mol. The number of hydrogen-bond donors (Lipinski definition) is 1. The molecule has 0 aliphatic carbocycles. The minimum Gasteiger partial charge on any atom is -0.337 e. The maximum atomic E-state index is 4.83. The summed E-state index contributed by atoms with van der Waals surface area (Å²) in [6, 6.07) is 24.1. The van der Waals surface area contributed by atoms with Gasteiger partial charge in [0.1, 0.15) is 0 Å². The van der Waals surface area contributed by atoms with Crippen molar-refractivity contribution in [2.45, 2.75) is 58.8 Å². The molecule has 4 aromatic rings. The van der Waals surface area contributed by atoms with Crippen molar-refractivity contribution < 1.29 is 0 Å². The van der Waals surface area contributed by atoms with Crippen molar-refractivity contribution >= 4 is 23.0 Å². The second-order valence-electron chi connectivity index (χ2n) is 11.1. The lowest BCUT2D eigenvalue weighted by Crippen LogP contribution is -2.26. The quantitative estimate of drug-likeness (QED) is 0.303. The van der Waals surface area contributed by atoms with Crippen LogP contribution in [0.2, 0.25) is 0 Å². The molecular formula is C32H36N4. The first-order chi connectivity index (χ1) is 17.2. The minimum atomic E-state index is -0.0120. The Bertz CT molecular complexity index is 1360. The first kappa shape index (κ1) is 24.1. The van der Waals surface area contributed by atoms with E-state index in [0.29, 0.717) is 11.8 Å². The van der Waals surface area contributed by atoms with Crippen LogP contribution >= 0.6 is 0 Å². The zero-order valence-corrected chi connectivity index (χ0v) is 22.2. The monoisotopic (exact) mass is 476 g/mol. The molecule has 1 aliphatic heterocycles. The molecule has 0 atom stereocenters. The van der Waals surface area contributed by atoms with Gasteiger partial charge in [0.25, 0.3) is 0 Å². The normalized spacial score (nSPS) is 14.4. The van der Waals surface area contributed by atoms with Gasteiger partial charge in [-0.1, -0.05) is 90.1 Å². The highest BCUT2D eigenvalue weighted by atomic mass is 15.3. The van der Waals surface area contributed by atoms with Crippen molar-refractivity contribution in [1.29, 1.82) is 0 Å². The van der Waals surface area contributed by atoms with Crippen LogP contribution in [0.25, 0.3) is 11.1 Å². The molecule has 4 nitrogen and oxygen atoms in total. The number of aromatic nitrogens is 2. The summed E-state index contributed by atoms with van der Waals surface area (Å²) < 4.78 is 0. The zero-order chi connectivity index (χ0) is 25.4. The first-order valence-electron chi connectivity index (χ1n) is 12.9. The SMILES string of the molecule is CC(C)c1ccc(Nc2nccnc2N2CC(C)(C)c3cc(C(C)C)c(-c4ccccc4)cc32)cc1. The van der Waals surface area contributed by atoms with Gasteiger partial charge in [-0.15, -0.1) is 0 Å². The topological polar surface area (TPSA) is 41.1 Å². The molecule has 0 saturated carbocycles. The molecule has 0 saturated heterocycles. The lowest BCUT2D eigenvalue weighted by atomic mass is 9.82. The first-order valence-corrected chi connectivity index (χ1v) is 12.9. The van der Waals surface area contributed by atoms with Crippen molar-refractivity contribution in [1.82, 2.24) is 9.97 Å². The Hall–Kier alpha value is -3.66. The number of benzene rings is 3. The van der Waals surface area contributed by atoms with Gasteiger partial charge in [0.2, 0.25) is 0 Å². The fraction of sp³-hybridized carbons (Fsp3) is 0.312. The number of nitrogens with one attached hydrogen (secondary N) is 1. The molecule has 0 fully saturated rings. The van der Waals surface area contributed by atoms with Gasteiger partial charge in [-0.25, -0.2) is 9.97 Å². The van der Waals surface area contributed by atoms with Crippen LogP contribution in [0, 0.1) is 0 Å². The second kappa shape index (κ2) is 9.42. The number of nitrogens with zero attached hydrogens (tertiary/aromatic N) is 3. The fourth-order valence-electron chi connectivity index (χ4n) is 5.17. The average Bonchev–Trinajstić information content (AvgIpc) is 3.14. The molecule has 0 spiro atoms. The highest BCUT2D eigenvalue weighted by Crippen LogP contribution is 2.48. The van der Waals surface area contributed by atoms with Crippen LogP contribution in [-0.2, 0) is 5.41 Å². The summed E-state index contributed by atoms with van der Waals surface area (Å²) in [5.41, 5.74) is 8.82. The highest BCUT2D eigenvalue weighted by Gasteiger charge is 2.38. The van der Waals surface area contributed by atoms with Crippen molar-refractivity contribution in [2.24, 2.45) is 0 Å². The molecule has 0 unspecified atom stereocenters. The summed E-state index contributed by atoms with van der Waals surface area (Å²) in [6.45, 7) is 14.5. The Kier molecular flexibility index (Phi) is 6.29. The van der Waals surface area contributed by atoms with Crippen molar-refractivity contribution in [3.8, 4) is 11.1 Å². The lowest BCUT2D eigenvalue weighted by Gasteiger charge is -2.23. The molecule has 1 aromatic heterocycles. The number of rotatable bonds is 6. The predicted octanol–water partition coefficient (Wildman–Crippen LogP) is 8.56. The van der Waals surface area contributed by atoms with Gasteiger partial charge in [0.05, 0.1) is 0 Å². The van der Waals surface area contributed by atoms with Crippen LogP contribution < -0.4 is 10.2 Å². The van der Waals surface area contributed by atoms with Crippen molar-refractivity contribution in [3.63, 3.8) is 0 Å². The van der Waals surface area contributed by atoms with Gasteiger partial charge in [-0.3, -0.25) is 0 Å². The van der Waals surface area contributed by atoms with Gasteiger partial charge in [0, 0.05) is 35.7 Å². The van der Waals surface area contributed by atoms with Gasteiger partial charge in [-0.05, 0) is 57.9 Å². The summed E-state index contributed by atoms with van der Waals surface area (Å²) >= 11 is 0. The molecule has 5 rings (SSSR count). The average molecular weight is 477 g/mol. The zero-order valence-electron chi connectivity index (χ0n) is 22.2. The summed E-state index contributed by atoms with van der Waals surface area (Å²) in [6.07, 6.45) is 3.54. The third kappa shape index (κ3) is 4.48. The number of hydrogen-bond acceptors (Lipinski definition) is 4. The summed E-state index contributed by atoms with van der Waals surface area (Å²) in [5, 5.41) is 3.53. The Morgan fingerprint density at radius 3 is 2.19 bits per heavy atom. The molecule has 184 valence electrons. The maximum Gasteiger partial charge on any atom is 0.176 e. The number of fused-ring (bicyclic) bond motifs is 1. The van der Waals surface area contributed by atoms with E-state index in [1.165, 1.54) is 33.5 Å². The van der Waals surface area contributed by atoms with Gasteiger partial charge in [0.15, 0.2) is 11.6 Å². The van der Waals surface area contributed by atoms with Crippen LogP contribution in [0.1, 0.15) is 70.1 Å². The van der Waals surface area contributed by atoms with E-state index < -0.39 is 0 Å². The molecule has 0 bridgehead atoms. The standard InChI is InChI=1S/C32H36N4/c1-21(2)23-12-14-25(15-13-23)35-30-31(34-17-16-33-30)36-20-32(5,6)28-18-26(22(3)4)27(19-29(28)36)24-10-8-7-9-11-24/h7-19,21-22H,20H2,1-6H3,(H,33,35). The largest absolute Gasteiger partial charge is 0.337 e. The third-order valence-electron chi connectivity index (χ3n) is 7.22. The van der Waals surface area contributed by atoms with Gasteiger partial charge < -0.3 is 10.2 Å². The van der Waals surface area contributed by atoms with Crippen molar-refractivity contribution in [3.05, 3.63) is 95.8 Å². The minimum absolute atomic E-state index is 0.0120. The maximum absolute atomic E-state index is 4.83. The molecular weight excluding hydrogens is 440 g/mol. The lowest BCUT2D eigenvalue weighted by molar-refractivity contribution is 0.567. The Morgan fingerprint density at radius 1 is 0.833 bits per heavy atom. The smallest absolute Gasteiger partial charge is 0.176 e. The van der Waals surface area contributed by atoms with E-state index in [-0.39, 0.29) is 5.41 Å². The molecule has 4 heteroatoms. The molecule has 2 heterocycles. The van der Waals surface area contributed by atoms with Gasteiger partial charge >= 0.3 is 0 Å².